The van der Waals surface area contributed by atoms with E-state index in [0.29, 0.717) is 11.1 Å². The average Bonchev–Trinajstić information content (AvgIpc) is 2.68. The molecule has 0 aliphatic heterocycles. The minimum atomic E-state index is -1.13. The number of hydrogen-bond acceptors (Lipinski definition) is 3. The number of carbonyl (C=O) groups is 2. The zero-order chi connectivity index (χ0) is 18.5. The molecular weight excluding hydrogens is 330 g/mol. The zero-order valence-electron chi connectivity index (χ0n) is 13.8. The number of anilines is 1. The molecule has 1 amide bonds. The summed E-state index contributed by atoms with van der Waals surface area (Å²) in [6.45, 7) is -0.278. The zero-order valence-corrected chi connectivity index (χ0v) is 13.8. The summed E-state index contributed by atoms with van der Waals surface area (Å²) in [4.78, 5) is 24.1. The maximum absolute atomic E-state index is 12.6. The van der Waals surface area contributed by atoms with Gasteiger partial charge in [0.05, 0.1) is 17.9 Å². The Hall–Kier alpha value is -3.44. The molecule has 0 saturated heterocycles. The van der Waals surface area contributed by atoms with Crippen LogP contribution in [0.4, 0.5) is 5.69 Å². The van der Waals surface area contributed by atoms with Gasteiger partial charge in [-0.25, -0.2) is 4.79 Å². The Kier molecular flexibility index (Phi) is 5.10. The number of aromatic carboxylic acids is 1. The van der Waals surface area contributed by atoms with Crippen molar-refractivity contribution in [2.24, 2.45) is 0 Å². The van der Waals surface area contributed by atoms with Gasteiger partial charge in [0.2, 0.25) is 0 Å². The maximum atomic E-state index is 12.6. The lowest BCUT2D eigenvalue weighted by Crippen LogP contribution is -2.16. The summed E-state index contributed by atoms with van der Waals surface area (Å²) in [6, 6.07) is 20.9. The Labute approximate surface area is 150 Å². The largest absolute Gasteiger partial charge is 0.478 e. The second-order valence-electron chi connectivity index (χ2n) is 5.70. The molecule has 3 rings (SSSR count). The van der Waals surface area contributed by atoms with Crippen molar-refractivity contribution in [3.8, 4) is 11.1 Å². The quantitative estimate of drug-likeness (QED) is 0.655. The molecule has 0 aromatic heterocycles. The lowest BCUT2D eigenvalue weighted by atomic mass is 10.0. The molecule has 5 heteroatoms. The van der Waals surface area contributed by atoms with E-state index in [2.05, 4.69) is 5.32 Å². The number of nitrogens with one attached hydrogen (secondary N) is 1. The Morgan fingerprint density at radius 2 is 1.50 bits per heavy atom. The predicted molar refractivity (Wildman–Crippen MR) is 99.2 cm³/mol. The minimum Gasteiger partial charge on any atom is -0.478 e. The third-order valence-corrected chi connectivity index (χ3v) is 4.04. The molecule has 0 heterocycles. The second kappa shape index (κ2) is 7.63. The molecule has 0 fully saturated rings. The van der Waals surface area contributed by atoms with Crippen LogP contribution in [0, 0.1) is 0 Å². The first-order valence-electron chi connectivity index (χ1n) is 8.03. The lowest BCUT2D eigenvalue weighted by Gasteiger charge is -2.12. The highest BCUT2D eigenvalue weighted by Crippen LogP contribution is 2.26. The number of carboxylic acid groups (broad SMARTS) is 1. The summed E-state index contributed by atoms with van der Waals surface area (Å²) in [5, 5.41) is 21.5. The highest BCUT2D eigenvalue weighted by Gasteiger charge is 2.16. The van der Waals surface area contributed by atoms with Crippen LogP contribution in [-0.4, -0.2) is 22.1 Å². The summed E-state index contributed by atoms with van der Waals surface area (Å²) < 4.78 is 0. The predicted octanol–water partition coefficient (Wildman–Crippen LogP) is 3.80. The van der Waals surface area contributed by atoms with Gasteiger partial charge in [-0.15, -0.1) is 0 Å². The molecule has 5 nitrogen and oxygen atoms in total. The van der Waals surface area contributed by atoms with Crippen LogP contribution in [0.25, 0.3) is 11.1 Å². The number of aliphatic hydroxyl groups excluding tert-OH is 1. The van der Waals surface area contributed by atoms with E-state index >= 15 is 0 Å². The van der Waals surface area contributed by atoms with Gasteiger partial charge < -0.3 is 15.5 Å². The van der Waals surface area contributed by atoms with Crippen molar-refractivity contribution in [3.05, 3.63) is 89.5 Å². The van der Waals surface area contributed by atoms with Crippen molar-refractivity contribution in [1.29, 1.82) is 0 Å². The maximum Gasteiger partial charge on any atom is 0.337 e. The Bertz CT molecular complexity index is 951. The van der Waals surface area contributed by atoms with Crippen molar-refractivity contribution >= 4 is 17.6 Å². The molecule has 3 aromatic rings. The Morgan fingerprint density at radius 1 is 0.808 bits per heavy atom. The average molecular weight is 347 g/mol. The fraction of sp³-hybridized carbons (Fsp3) is 0.0476. The van der Waals surface area contributed by atoms with Crippen LogP contribution in [-0.2, 0) is 6.61 Å². The van der Waals surface area contributed by atoms with E-state index in [4.69, 9.17) is 0 Å². The highest BCUT2D eigenvalue weighted by molar-refractivity contribution is 6.09. The minimum absolute atomic E-state index is 0.000453. The van der Waals surface area contributed by atoms with Crippen molar-refractivity contribution in [1.82, 2.24) is 0 Å². The van der Waals surface area contributed by atoms with E-state index in [1.54, 1.807) is 36.4 Å². The van der Waals surface area contributed by atoms with Crippen molar-refractivity contribution in [3.63, 3.8) is 0 Å². The monoisotopic (exact) mass is 347 g/mol. The van der Waals surface area contributed by atoms with Crippen LogP contribution in [0.2, 0.25) is 0 Å². The van der Waals surface area contributed by atoms with Gasteiger partial charge in [-0.1, -0.05) is 54.6 Å². The van der Waals surface area contributed by atoms with Crippen LogP contribution in [0.1, 0.15) is 26.3 Å². The molecule has 0 atom stereocenters. The SMILES string of the molecule is O=C(Nc1cc(-c2ccccc2)ccc1C(=O)O)c1ccccc1CO. The van der Waals surface area contributed by atoms with Crippen LogP contribution >= 0.6 is 0 Å². The number of aliphatic hydroxyl groups is 1. The van der Waals surface area contributed by atoms with Gasteiger partial charge in [0, 0.05) is 5.56 Å². The normalized spacial score (nSPS) is 10.3. The van der Waals surface area contributed by atoms with E-state index in [1.807, 2.05) is 30.3 Å². The molecule has 130 valence electrons. The second-order valence-corrected chi connectivity index (χ2v) is 5.70. The van der Waals surface area contributed by atoms with Gasteiger partial charge in [-0.05, 0) is 34.9 Å². The molecule has 0 spiro atoms. The standard InChI is InChI=1S/C21H17NO4/c23-13-16-8-4-5-9-17(16)20(24)22-19-12-15(10-11-18(19)21(25)26)14-6-2-1-3-7-14/h1-12,23H,13H2,(H,22,24)(H,25,26). The van der Waals surface area contributed by atoms with Gasteiger partial charge in [-0.2, -0.15) is 0 Å². The summed E-state index contributed by atoms with van der Waals surface area (Å²) in [7, 11) is 0. The molecular formula is C21H17NO4. The molecule has 0 aliphatic carbocycles. The number of rotatable bonds is 5. The molecule has 26 heavy (non-hydrogen) atoms. The lowest BCUT2D eigenvalue weighted by molar-refractivity contribution is 0.0698. The molecule has 3 aromatic carbocycles. The van der Waals surface area contributed by atoms with Gasteiger partial charge in [0.25, 0.3) is 5.91 Å². The number of carbonyl (C=O) groups excluding carboxylic acids is 1. The topological polar surface area (TPSA) is 86.6 Å². The number of amides is 1. The number of carboxylic acids is 1. The van der Waals surface area contributed by atoms with Gasteiger partial charge in [0.1, 0.15) is 0 Å². The van der Waals surface area contributed by atoms with Crippen LogP contribution in [0.5, 0.6) is 0 Å². The van der Waals surface area contributed by atoms with Crippen molar-refractivity contribution < 1.29 is 19.8 Å². The Balaban J connectivity index is 1.99. The molecule has 0 unspecified atom stereocenters. The van der Waals surface area contributed by atoms with E-state index < -0.39 is 11.9 Å². The first-order chi connectivity index (χ1) is 12.6. The summed E-state index contributed by atoms with van der Waals surface area (Å²) >= 11 is 0. The van der Waals surface area contributed by atoms with Crippen molar-refractivity contribution in [2.75, 3.05) is 5.32 Å². The van der Waals surface area contributed by atoms with Gasteiger partial charge >= 0.3 is 5.97 Å². The van der Waals surface area contributed by atoms with Gasteiger partial charge in [0.15, 0.2) is 0 Å². The van der Waals surface area contributed by atoms with E-state index in [1.165, 1.54) is 6.07 Å². The van der Waals surface area contributed by atoms with E-state index in [-0.39, 0.29) is 17.9 Å². The number of benzene rings is 3. The first-order valence-corrected chi connectivity index (χ1v) is 8.03. The molecule has 3 N–H and O–H groups in total. The molecule has 0 saturated carbocycles. The van der Waals surface area contributed by atoms with Crippen LogP contribution in [0.3, 0.4) is 0 Å². The summed E-state index contributed by atoms with van der Waals surface area (Å²) in [5.74, 6) is -1.60. The molecule has 0 radical (unpaired) electrons. The molecule has 0 bridgehead atoms. The summed E-state index contributed by atoms with van der Waals surface area (Å²) in [5.41, 5.74) is 2.69. The van der Waals surface area contributed by atoms with Crippen LogP contribution < -0.4 is 5.32 Å². The first kappa shape index (κ1) is 17.4. The van der Waals surface area contributed by atoms with Crippen LogP contribution in [0.15, 0.2) is 72.8 Å². The van der Waals surface area contributed by atoms with E-state index in [9.17, 15) is 19.8 Å². The number of hydrogen-bond donors (Lipinski definition) is 3. The third kappa shape index (κ3) is 3.63. The van der Waals surface area contributed by atoms with Crippen molar-refractivity contribution in [2.45, 2.75) is 6.61 Å². The van der Waals surface area contributed by atoms with E-state index in [0.717, 1.165) is 11.1 Å². The molecule has 0 aliphatic rings. The highest BCUT2D eigenvalue weighted by atomic mass is 16.4. The smallest absolute Gasteiger partial charge is 0.337 e. The third-order valence-electron chi connectivity index (χ3n) is 4.04. The fourth-order valence-corrected chi connectivity index (χ4v) is 2.71. The Morgan fingerprint density at radius 3 is 2.19 bits per heavy atom. The fourth-order valence-electron chi connectivity index (χ4n) is 2.71. The van der Waals surface area contributed by atoms with Gasteiger partial charge in [-0.3, -0.25) is 4.79 Å². The summed E-state index contributed by atoms with van der Waals surface area (Å²) in [6.07, 6.45) is 0.